The molecule has 4 heterocycles. The minimum absolute atomic E-state index is 0.125. The Kier molecular flexibility index (Phi) is 5.14. The Hall–Kier alpha value is -3.07. The minimum atomic E-state index is -0.243. The molecule has 150 valence electrons. The molecule has 0 aliphatic carbocycles. The molecule has 8 nitrogen and oxygen atoms in total. The van der Waals surface area contributed by atoms with E-state index in [1.54, 1.807) is 23.3 Å². The molecule has 0 radical (unpaired) electrons. The summed E-state index contributed by atoms with van der Waals surface area (Å²) in [6, 6.07) is 6.68. The maximum Gasteiger partial charge on any atom is 0.274 e. The Morgan fingerprint density at radius 3 is 2.83 bits per heavy atom. The molecule has 1 N–H and O–H groups in total. The number of aromatic nitrogens is 4. The van der Waals surface area contributed by atoms with E-state index in [0.717, 1.165) is 39.9 Å². The number of aryl methyl sites for hydroxylation is 3. The topological polar surface area (TPSA) is 93.0 Å². The SMILES string of the molecule is Cc1cc(Nc2ncc(C)s2)cc(C2CCCN2C(=O)c2ccc(=O)n(C)n2)n1. The summed E-state index contributed by atoms with van der Waals surface area (Å²) in [5.41, 5.74) is 2.65. The Labute approximate surface area is 172 Å². The van der Waals surface area contributed by atoms with Crippen molar-refractivity contribution in [1.29, 1.82) is 0 Å². The van der Waals surface area contributed by atoms with Gasteiger partial charge in [-0.15, -0.1) is 11.3 Å². The first-order valence-corrected chi connectivity index (χ1v) is 10.3. The number of anilines is 2. The summed E-state index contributed by atoms with van der Waals surface area (Å²) < 4.78 is 1.18. The van der Waals surface area contributed by atoms with Crippen LogP contribution in [-0.2, 0) is 7.05 Å². The molecule has 0 bridgehead atoms. The lowest BCUT2D eigenvalue weighted by molar-refractivity contribution is 0.0724. The van der Waals surface area contributed by atoms with Crippen molar-refractivity contribution in [2.45, 2.75) is 32.7 Å². The molecular weight excluding hydrogens is 388 g/mol. The summed E-state index contributed by atoms with van der Waals surface area (Å²) in [5, 5.41) is 8.27. The van der Waals surface area contributed by atoms with Gasteiger partial charge in [-0.1, -0.05) is 0 Å². The van der Waals surface area contributed by atoms with Crippen LogP contribution in [-0.4, -0.2) is 37.1 Å². The average molecular weight is 411 g/mol. The minimum Gasteiger partial charge on any atom is -0.331 e. The van der Waals surface area contributed by atoms with Crippen molar-refractivity contribution < 1.29 is 4.79 Å². The van der Waals surface area contributed by atoms with Gasteiger partial charge in [-0.05, 0) is 44.9 Å². The fourth-order valence-corrected chi connectivity index (χ4v) is 4.24. The van der Waals surface area contributed by atoms with Gasteiger partial charge in [-0.3, -0.25) is 14.6 Å². The van der Waals surface area contributed by atoms with E-state index in [1.807, 2.05) is 32.2 Å². The second kappa shape index (κ2) is 7.75. The lowest BCUT2D eigenvalue weighted by atomic mass is 10.1. The molecule has 4 rings (SSSR count). The number of rotatable bonds is 4. The van der Waals surface area contributed by atoms with Crippen LogP contribution in [0.2, 0.25) is 0 Å². The smallest absolute Gasteiger partial charge is 0.274 e. The zero-order valence-electron chi connectivity index (χ0n) is 16.5. The fraction of sp³-hybridized carbons (Fsp3) is 0.350. The normalized spacial score (nSPS) is 16.2. The van der Waals surface area contributed by atoms with Crippen LogP contribution in [0.5, 0.6) is 0 Å². The molecular formula is C20H22N6O2S. The van der Waals surface area contributed by atoms with Gasteiger partial charge in [-0.2, -0.15) is 5.10 Å². The average Bonchev–Trinajstić information content (AvgIpc) is 3.32. The van der Waals surface area contributed by atoms with Crippen molar-refractivity contribution in [3.63, 3.8) is 0 Å². The molecule has 1 unspecified atom stereocenters. The van der Waals surface area contributed by atoms with Crippen LogP contribution in [0, 0.1) is 13.8 Å². The van der Waals surface area contributed by atoms with Crippen LogP contribution in [0.25, 0.3) is 0 Å². The first-order valence-electron chi connectivity index (χ1n) is 9.44. The molecule has 1 aliphatic rings. The molecule has 1 atom stereocenters. The lowest BCUT2D eigenvalue weighted by Crippen LogP contribution is -2.33. The summed E-state index contributed by atoms with van der Waals surface area (Å²) in [7, 11) is 1.54. The maximum atomic E-state index is 13.1. The Balaban J connectivity index is 1.61. The zero-order chi connectivity index (χ0) is 20.5. The first-order chi connectivity index (χ1) is 13.9. The van der Waals surface area contributed by atoms with Gasteiger partial charge in [-0.25, -0.2) is 9.67 Å². The van der Waals surface area contributed by atoms with Gasteiger partial charge in [0.15, 0.2) is 5.13 Å². The Bertz CT molecular complexity index is 1120. The maximum absolute atomic E-state index is 13.1. The monoisotopic (exact) mass is 410 g/mol. The third kappa shape index (κ3) is 4.04. The summed E-state index contributed by atoms with van der Waals surface area (Å²) >= 11 is 1.59. The van der Waals surface area contributed by atoms with Crippen LogP contribution < -0.4 is 10.9 Å². The number of nitrogens with one attached hydrogen (secondary N) is 1. The summed E-state index contributed by atoms with van der Waals surface area (Å²) in [5.74, 6) is -0.184. The number of likely N-dealkylation sites (tertiary alicyclic amines) is 1. The highest BCUT2D eigenvalue weighted by Gasteiger charge is 2.32. The van der Waals surface area contributed by atoms with Crippen molar-refractivity contribution in [2.75, 3.05) is 11.9 Å². The Morgan fingerprint density at radius 2 is 2.10 bits per heavy atom. The highest BCUT2D eigenvalue weighted by atomic mass is 32.1. The molecule has 1 amide bonds. The molecule has 0 saturated carbocycles. The predicted molar refractivity (Wildman–Crippen MR) is 112 cm³/mol. The van der Waals surface area contributed by atoms with E-state index >= 15 is 0 Å². The highest BCUT2D eigenvalue weighted by molar-refractivity contribution is 7.15. The largest absolute Gasteiger partial charge is 0.331 e. The van der Waals surface area contributed by atoms with E-state index in [4.69, 9.17) is 4.98 Å². The standard InChI is InChI=1S/C20H22N6O2S/c1-12-9-14(23-20-21-11-13(2)29-20)10-16(22-12)17-5-4-8-26(17)19(28)15-6-7-18(27)25(3)24-15/h6-7,9-11,17H,4-5,8H2,1-3H3,(H,21,22,23). The van der Waals surface area contributed by atoms with E-state index in [-0.39, 0.29) is 23.2 Å². The molecule has 1 fully saturated rings. The third-order valence-electron chi connectivity index (χ3n) is 4.88. The van der Waals surface area contributed by atoms with Crippen LogP contribution >= 0.6 is 11.3 Å². The molecule has 3 aromatic heterocycles. The number of pyridine rings is 1. The molecule has 1 saturated heterocycles. The van der Waals surface area contributed by atoms with Crippen molar-refractivity contribution >= 4 is 28.1 Å². The third-order valence-corrected chi connectivity index (χ3v) is 5.71. The number of hydrogen-bond acceptors (Lipinski definition) is 7. The molecule has 3 aromatic rings. The van der Waals surface area contributed by atoms with E-state index in [1.165, 1.54) is 16.8 Å². The number of thiazole rings is 1. The number of nitrogens with zero attached hydrogens (tertiary/aromatic N) is 5. The van der Waals surface area contributed by atoms with E-state index < -0.39 is 0 Å². The second-order valence-corrected chi connectivity index (χ2v) is 8.39. The zero-order valence-corrected chi connectivity index (χ0v) is 17.4. The molecule has 9 heteroatoms. The molecule has 29 heavy (non-hydrogen) atoms. The van der Waals surface area contributed by atoms with Gasteiger partial charge in [0.1, 0.15) is 5.69 Å². The van der Waals surface area contributed by atoms with Crippen molar-refractivity contribution in [1.82, 2.24) is 24.6 Å². The van der Waals surface area contributed by atoms with E-state index in [9.17, 15) is 9.59 Å². The summed E-state index contributed by atoms with van der Waals surface area (Å²) in [4.78, 5) is 36.6. The number of carbonyl (C=O) groups is 1. The highest BCUT2D eigenvalue weighted by Crippen LogP contribution is 2.34. The van der Waals surface area contributed by atoms with Crippen molar-refractivity contribution in [2.24, 2.45) is 7.05 Å². The quantitative estimate of drug-likeness (QED) is 0.711. The van der Waals surface area contributed by atoms with Crippen molar-refractivity contribution in [3.8, 4) is 0 Å². The van der Waals surface area contributed by atoms with E-state index in [2.05, 4.69) is 15.4 Å². The van der Waals surface area contributed by atoms with Gasteiger partial charge in [0.2, 0.25) is 0 Å². The van der Waals surface area contributed by atoms with Crippen LogP contribution in [0.3, 0.4) is 0 Å². The lowest BCUT2D eigenvalue weighted by Gasteiger charge is -2.24. The van der Waals surface area contributed by atoms with Gasteiger partial charge < -0.3 is 10.2 Å². The molecule has 0 aromatic carbocycles. The van der Waals surface area contributed by atoms with Gasteiger partial charge >= 0.3 is 0 Å². The molecule has 1 aliphatic heterocycles. The van der Waals surface area contributed by atoms with Crippen LogP contribution in [0.1, 0.15) is 45.6 Å². The van der Waals surface area contributed by atoms with Crippen LogP contribution in [0.15, 0.2) is 35.3 Å². The number of hydrogen-bond donors (Lipinski definition) is 1. The van der Waals surface area contributed by atoms with Gasteiger partial charge in [0.05, 0.1) is 11.7 Å². The van der Waals surface area contributed by atoms with Crippen LogP contribution in [0.4, 0.5) is 10.8 Å². The summed E-state index contributed by atoms with van der Waals surface area (Å²) in [6.45, 7) is 4.59. The van der Waals surface area contributed by atoms with Gasteiger partial charge in [0, 0.05) is 42.1 Å². The van der Waals surface area contributed by atoms with Gasteiger partial charge in [0.25, 0.3) is 11.5 Å². The second-order valence-electron chi connectivity index (χ2n) is 7.16. The fourth-order valence-electron chi connectivity index (χ4n) is 3.55. The number of amides is 1. The summed E-state index contributed by atoms with van der Waals surface area (Å²) in [6.07, 6.45) is 3.56. The first kappa shape index (κ1) is 19.3. The molecule has 0 spiro atoms. The predicted octanol–water partition coefficient (Wildman–Crippen LogP) is 2.97. The van der Waals surface area contributed by atoms with Crippen molar-refractivity contribution in [3.05, 3.63) is 62.8 Å². The number of carbonyl (C=O) groups excluding carboxylic acids is 1. The van der Waals surface area contributed by atoms with E-state index in [0.29, 0.717) is 6.54 Å². The Morgan fingerprint density at radius 1 is 1.28 bits per heavy atom.